The molecule has 0 aromatic heterocycles. The van der Waals surface area contributed by atoms with Crippen LogP contribution in [0.2, 0.25) is 0 Å². The molecule has 0 fully saturated rings. The predicted octanol–water partition coefficient (Wildman–Crippen LogP) is 23.8. The van der Waals surface area contributed by atoms with Gasteiger partial charge in [-0.25, -0.2) is 0 Å². The molecule has 0 saturated heterocycles. The first-order valence-corrected chi connectivity index (χ1v) is 34.6. The topological polar surface area (TPSA) is 78.9 Å². The first-order chi connectivity index (χ1) is 39.5. The molecule has 0 amide bonds. The average molecular weight is 1120 g/mol. The minimum absolute atomic E-state index is 0.0827. The summed E-state index contributed by atoms with van der Waals surface area (Å²) in [6.07, 6.45) is 90.3. The van der Waals surface area contributed by atoms with Crippen LogP contribution < -0.4 is 0 Å². The second-order valence-corrected chi connectivity index (χ2v) is 23.1. The molecule has 0 aliphatic heterocycles. The second kappa shape index (κ2) is 68.1. The fraction of sp³-hybridized carbons (Fsp3) is 0.770. The SMILES string of the molecule is CC/C=C\C/C=C\C/C=C\C/C=C\C/C=C\C/C=C\CCCCCCCCC(=O)OCC(COC(=O)CCCCCCC/C=C\CCCCCC)OC(=O)CCCCCCCCCCCCCCCCCCCCCCCCCC. The van der Waals surface area contributed by atoms with E-state index in [0.29, 0.717) is 19.3 Å². The summed E-state index contributed by atoms with van der Waals surface area (Å²) in [7, 11) is 0. The molecule has 0 rings (SSSR count). The Morgan fingerprint density at radius 3 is 0.787 bits per heavy atom. The minimum Gasteiger partial charge on any atom is -0.462 e. The molecule has 462 valence electrons. The number of esters is 3. The Morgan fingerprint density at radius 1 is 0.263 bits per heavy atom. The zero-order chi connectivity index (χ0) is 57.8. The number of hydrogen-bond acceptors (Lipinski definition) is 6. The van der Waals surface area contributed by atoms with Crippen molar-refractivity contribution in [2.24, 2.45) is 0 Å². The molecule has 6 heteroatoms. The van der Waals surface area contributed by atoms with Crippen LogP contribution in [0.1, 0.15) is 348 Å². The maximum Gasteiger partial charge on any atom is 0.306 e. The molecule has 0 radical (unpaired) electrons. The zero-order valence-corrected chi connectivity index (χ0v) is 53.1. The van der Waals surface area contributed by atoms with Crippen LogP contribution in [0.3, 0.4) is 0 Å². The molecule has 0 aliphatic rings. The van der Waals surface area contributed by atoms with Crippen LogP contribution in [0.5, 0.6) is 0 Å². The van der Waals surface area contributed by atoms with E-state index in [4.69, 9.17) is 14.2 Å². The van der Waals surface area contributed by atoms with Gasteiger partial charge < -0.3 is 14.2 Å². The predicted molar refractivity (Wildman–Crippen MR) is 348 cm³/mol. The Balaban J connectivity index is 4.32. The van der Waals surface area contributed by atoms with E-state index in [-0.39, 0.29) is 31.1 Å². The lowest BCUT2D eigenvalue weighted by Gasteiger charge is -2.18. The normalized spacial score (nSPS) is 12.6. The van der Waals surface area contributed by atoms with Gasteiger partial charge in [0.2, 0.25) is 0 Å². The Hall–Kier alpha value is -3.41. The van der Waals surface area contributed by atoms with Gasteiger partial charge in [0.05, 0.1) is 0 Å². The van der Waals surface area contributed by atoms with Crippen molar-refractivity contribution < 1.29 is 28.6 Å². The fourth-order valence-corrected chi connectivity index (χ4v) is 9.97. The van der Waals surface area contributed by atoms with Crippen LogP contribution in [0.4, 0.5) is 0 Å². The van der Waals surface area contributed by atoms with Crippen molar-refractivity contribution in [3.63, 3.8) is 0 Å². The minimum atomic E-state index is -0.786. The molecular formula is C74H130O6. The van der Waals surface area contributed by atoms with E-state index in [0.717, 1.165) is 116 Å². The van der Waals surface area contributed by atoms with E-state index >= 15 is 0 Å². The van der Waals surface area contributed by atoms with Gasteiger partial charge in [0.25, 0.3) is 0 Å². The van der Waals surface area contributed by atoms with Crippen LogP contribution in [-0.4, -0.2) is 37.2 Å². The molecule has 0 heterocycles. The summed E-state index contributed by atoms with van der Waals surface area (Å²) in [6.45, 7) is 6.54. The standard InChI is InChI=1S/C74H130O6/c1-4-7-10-13-16-19-22-25-27-29-31-33-35-37-39-40-42-44-46-49-52-55-58-61-64-67-73(76)79-70-71(69-78-72(75)66-63-60-57-54-51-48-24-21-18-15-12-9-6-3)80-74(77)68-65-62-59-56-53-50-47-45-43-41-38-36-34-32-30-28-26-23-20-17-14-11-8-5-2/h7,10,16,19,21,24-25,27,31,33,37,39,42,44,71H,4-6,8-9,11-15,17-18,20,22-23,26,28-30,32,34-36,38,40-41,43,45-70H2,1-3H3/b10-7-,19-16-,24-21-,27-25-,33-31-,39-37-,44-42-. The summed E-state index contributed by atoms with van der Waals surface area (Å²) in [6, 6.07) is 0. The van der Waals surface area contributed by atoms with E-state index in [2.05, 4.69) is 106 Å². The van der Waals surface area contributed by atoms with Gasteiger partial charge in [0, 0.05) is 19.3 Å². The van der Waals surface area contributed by atoms with Crippen molar-refractivity contribution in [2.75, 3.05) is 13.2 Å². The highest BCUT2D eigenvalue weighted by molar-refractivity contribution is 5.71. The van der Waals surface area contributed by atoms with Crippen LogP contribution >= 0.6 is 0 Å². The van der Waals surface area contributed by atoms with Crippen molar-refractivity contribution in [1.82, 2.24) is 0 Å². The molecule has 6 nitrogen and oxygen atoms in total. The van der Waals surface area contributed by atoms with Crippen LogP contribution in [0.25, 0.3) is 0 Å². The number of unbranched alkanes of at least 4 members (excludes halogenated alkanes) is 38. The summed E-state index contributed by atoms with van der Waals surface area (Å²) in [5, 5.41) is 0. The maximum atomic E-state index is 13.0. The molecule has 0 aromatic carbocycles. The number of ether oxygens (including phenoxy) is 3. The highest BCUT2D eigenvalue weighted by Crippen LogP contribution is 2.18. The molecule has 0 bridgehead atoms. The second-order valence-electron chi connectivity index (χ2n) is 23.1. The van der Waals surface area contributed by atoms with Gasteiger partial charge in [0.15, 0.2) is 6.10 Å². The van der Waals surface area contributed by atoms with Crippen molar-refractivity contribution in [2.45, 2.75) is 354 Å². The Labute approximate surface area is 496 Å². The lowest BCUT2D eigenvalue weighted by atomic mass is 10.0. The van der Waals surface area contributed by atoms with Crippen molar-refractivity contribution >= 4 is 17.9 Å². The van der Waals surface area contributed by atoms with Gasteiger partial charge in [-0.05, 0) is 96.3 Å². The lowest BCUT2D eigenvalue weighted by molar-refractivity contribution is -0.167. The average Bonchev–Trinajstić information content (AvgIpc) is 3.46. The number of rotatable bonds is 63. The van der Waals surface area contributed by atoms with E-state index in [1.54, 1.807) is 0 Å². The molecule has 1 unspecified atom stereocenters. The third-order valence-corrected chi connectivity index (χ3v) is 15.1. The summed E-state index contributed by atoms with van der Waals surface area (Å²) in [5.74, 6) is -0.888. The molecule has 0 aromatic rings. The third kappa shape index (κ3) is 65.4. The first kappa shape index (κ1) is 76.6. The number of hydrogen-bond donors (Lipinski definition) is 0. The molecule has 1 atom stereocenters. The maximum absolute atomic E-state index is 13.0. The van der Waals surface area contributed by atoms with Gasteiger partial charge in [0.1, 0.15) is 13.2 Å². The fourth-order valence-electron chi connectivity index (χ4n) is 9.97. The van der Waals surface area contributed by atoms with Crippen LogP contribution in [0.15, 0.2) is 85.1 Å². The van der Waals surface area contributed by atoms with Crippen LogP contribution in [-0.2, 0) is 28.6 Å². The van der Waals surface area contributed by atoms with Crippen molar-refractivity contribution in [3.05, 3.63) is 85.1 Å². The molecular weight excluding hydrogens is 985 g/mol. The summed E-state index contributed by atoms with van der Waals surface area (Å²) in [4.78, 5) is 38.4. The van der Waals surface area contributed by atoms with Gasteiger partial charge in [-0.2, -0.15) is 0 Å². The Morgan fingerprint density at radius 2 is 0.487 bits per heavy atom. The van der Waals surface area contributed by atoms with Gasteiger partial charge in [-0.1, -0.05) is 318 Å². The van der Waals surface area contributed by atoms with Crippen molar-refractivity contribution in [3.8, 4) is 0 Å². The van der Waals surface area contributed by atoms with E-state index in [1.807, 2.05) is 0 Å². The van der Waals surface area contributed by atoms with Gasteiger partial charge in [-0.15, -0.1) is 0 Å². The molecule has 0 aliphatic carbocycles. The summed E-state index contributed by atoms with van der Waals surface area (Å²) < 4.78 is 17.0. The largest absolute Gasteiger partial charge is 0.462 e. The zero-order valence-electron chi connectivity index (χ0n) is 53.1. The Kier molecular flexibility index (Phi) is 65.2. The molecule has 80 heavy (non-hydrogen) atoms. The highest BCUT2D eigenvalue weighted by atomic mass is 16.6. The van der Waals surface area contributed by atoms with Crippen LogP contribution in [0, 0.1) is 0 Å². The third-order valence-electron chi connectivity index (χ3n) is 15.1. The van der Waals surface area contributed by atoms with Crippen molar-refractivity contribution in [1.29, 1.82) is 0 Å². The quantitative estimate of drug-likeness (QED) is 0.0261. The number of carbonyl (C=O) groups excluding carboxylic acids is 3. The van der Waals surface area contributed by atoms with E-state index in [9.17, 15) is 14.4 Å². The first-order valence-electron chi connectivity index (χ1n) is 34.6. The number of carbonyl (C=O) groups is 3. The summed E-state index contributed by atoms with van der Waals surface area (Å²) in [5.41, 5.74) is 0. The highest BCUT2D eigenvalue weighted by Gasteiger charge is 2.19. The smallest absolute Gasteiger partial charge is 0.306 e. The number of allylic oxidation sites excluding steroid dienone is 14. The van der Waals surface area contributed by atoms with Gasteiger partial charge >= 0.3 is 17.9 Å². The molecule has 0 N–H and O–H groups in total. The molecule has 0 spiro atoms. The Bertz CT molecular complexity index is 1520. The summed E-state index contributed by atoms with van der Waals surface area (Å²) >= 11 is 0. The van der Waals surface area contributed by atoms with Gasteiger partial charge in [-0.3, -0.25) is 14.4 Å². The molecule has 0 saturated carbocycles. The monoisotopic (exact) mass is 1110 g/mol. The van der Waals surface area contributed by atoms with E-state index in [1.165, 1.54) is 193 Å². The lowest BCUT2D eigenvalue weighted by Crippen LogP contribution is -2.30. The van der Waals surface area contributed by atoms with E-state index < -0.39 is 6.10 Å².